The smallest absolute Gasteiger partial charge is 0.248 e. The highest BCUT2D eigenvalue weighted by Crippen LogP contribution is 2.59. The molecule has 1 aromatic rings. The summed E-state index contributed by atoms with van der Waals surface area (Å²) in [6, 6.07) is 7.85. The number of morpholine rings is 1. The molecule has 1 aromatic carbocycles. The number of hydrogen-bond acceptors (Lipinski definition) is 7. The average molecular weight is 609 g/mol. The van der Waals surface area contributed by atoms with E-state index in [1.165, 1.54) is 0 Å². The minimum absolute atomic E-state index is 0.0661. The van der Waals surface area contributed by atoms with Crippen LogP contribution in [-0.2, 0) is 23.9 Å². The van der Waals surface area contributed by atoms with Crippen LogP contribution in [-0.4, -0.2) is 120 Å². The number of carbonyl (C=O) groups is 3. The van der Waals surface area contributed by atoms with Gasteiger partial charge in [0.25, 0.3) is 0 Å². The Bertz CT molecular complexity index is 1210. The van der Waals surface area contributed by atoms with Gasteiger partial charge in [0.05, 0.1) is 43.8 Å². The molecule has 0 aliphatic carbocycles. The van der Waals surface area contributed by atoms with E-state index in [1.807, 2.05) is 44.2 Å². The largest absolute Gasteiger partial charge is 0.394 e. The Morgan fingerprint density at radius 1 is 1.14 bits per heavy atom. The minimum atomic E-state index is -1.14. The molecule has 2 bridgehead atoms. The highest BCUT2D eigenvalue weighted by Gasteiger charge is 2.75. The zero-order valence-corrected chi connectivity index (χ0v) is 26.2. The van der Waals surface area contributed by atoms with E-state index in [9.17, 15) is 19.5 Å². The molecule has 0 radical (unpaired) electrons. The Balaban J connectivity index is 1.52. The van der Waals surface area contributed by atoms with Crippen molar-refractivity contribution in [2.75, 3.05) is 64.0 Å². The van der Waals surface area contributed by atoms with Crippen LogP contribution < -0.4 is 4.90 Å². The molecule has 1 N–H and O–H groups in total. The molecular formula is C34H48N4O6. The van der Waals surface area contributed by atoms with Gasteiger partial charge in [0.15, 0.2) is 0 Å². The van der Waals surface area contributed by atoms with Crippen molar-refractivity contribution in [3.63, 3.8) is 0 Å². The first-order valence-corrected chi connectivity index (χ1v) is 16.1. The number of carbonyl (C=O) groups excluding carboxylic acids is 3. The van der Waals surface area contributed by atoms with E-state index >= 15 is 0 Å². The summed E-state index contributed by atoms with van der Waals surface area (Å²) in [5, 5.41) is 10.7. The van der Waals surface area contributed by atoms with Gasteiger partial charge in [0.2, 0.25) is 17.7 Å². The third kappa shape index (κ3) is 5.73. The minimum Gasteiger partial charge on any atom is -0.394 e. The molecule has 2 unspecified atom stereocenters. The molecule has 5 rings (SSSR count). The summed E-state index contributed by atoms with van der Waals surface area (Å²) in [6.07, 6.45) is 4.71. The molecule has 10 heteroatoms. The van der Waals surface area contributed by atoms with Crippen LogP contribution >= 0.6 is 0 Å². The maximum atomic E-state index is 14.7. The summed E-state index contributed by atoms with van der Waals surface area (Å²) in [4.78, 5) is 51.1. The maximum absolute atomic E-state index is 14.7. The van der Waals surface area contributed by atoms with E-state index < -0.39 is 35.6 Å². The normalized spacial score (nSPS) is 29.2. The molecule has 1 spiro atoms. The van der Waals surface area contributed by atoms with Crippen molar-refractivity contribution in [2.45, 2.75) is 56.9 Å². The fourth-order valence-electron chi connectivity index (χ4n) is 7.77. The first kappa shape index (κ1) is 32.3. The Morgan fingerprint density at radius 3 is 2.48 bits per heavy atom. The predicted octanol–water partition coefficient (Wildman–Crippen LogP) is 2.33. The van der Waals surface area contributed by atoms with E-state index in [4.69, 9.17) is 9.47 Å². The van der Waals surface area contributed by atoms with Crippen LogP contribution in [0.5, 0.6) is 0 Å². The van der Waals surface area contributed by atoms with Crippen LogP contribution in [0.15, 0.2) is 55.6 Å². The van der Waals surface area contributed by atoms with Gasteiger partial charge in [-0.2, -0.15) is 0 Å². The monoisotopic (exact) mass is 608 g/mol. The zero-order chi connectivity index (χ0) is 31.4. The van der Waals surface area contributed by atoms with E-state index in [-0.39, 0.29) is 36.8 Å². The molecule has 3 amide bonds. The van der Waals surface area contributed by atoms with Gasteiger partial charge >= 0.3 is 0 Å². The summed E-state index contributed by atoms with van der Waals surface area (Å²) in [5.41, 5.74) is -0.424. The van der Waals surface area contributed by atoms with Crippen molar-refractivity contribution >= 4 is 23.4 Å². The van der Waals surface area contributed by atoms with Crippen molar-refractivity contribution in [2.24, 2.45) is 17.8 Å². The molecule has 7 atom stereocenters. The summed E-state index contributed by atoms with van der Waals surface area (Å²) in [6.45, 7) is 16.2. The molecule has 0 saturated carbocycles. The predicted molar refractivity (Wildman–Crippen MR) is 168 cm³/mol. The molecule has 4 aliphatic rings. The van der Waals surface area contributed by atoms with E-state index in [2.05, 4.69) is 18.1 Å². The van der Waals surface area contributed by atoms with Gasteiger partial charge in [-0.15, -0.1) is 13.2 Å². The number of anilines is 1. The van der Waals surface area contributed by atoms with Crippen molar-refractivity contribution < 1.29 is 29.0 Å². The van der Waals surface area contributed by atoms with Gasteiger partial charge in [0, 0.05) is 45.0 Å². The summed E-state index contributed by atoms with van der Waals surface area (Å²) < 4.78 is 12.2. The number of nitrogens with zero attached hydrogens (tertiary/aromatic N) is 4. The average Bonchev–Trinajstić information content (AvgIpc) is 3.70. The lowest BCUT2D eigenvalue weighted by molar-refractivity contribution is -0.152. The number of fused-ring (bicyclic) bond motifs is 1. The fraction of sp³-hybridized carbons (Fsp3) is 0.618. The maximum Gasteiger partial charge on any atom is 0.248 e. The molecule has 4 fully saturated rings. The van der Waals surface area contributed by atoms with Gasteiger partial charge in [-0.1, -0.05) is 50.6 Å². The lowest BCUT2D eigenvalue weighted by atomic mass is 9.70. The molecule has 4 aliphatic heterocycles. The summed E-state index contributed by atoms with van der Waals surface area (Å²) in [7, 11) is 0. The molecule has 10 nitrogen and oxygen atoms in total. The van der Waals surface area contributed by atoms with E-state index in [0.717, 1.165) is 18.8 Å². The van der Waals surface area contributed by atoms with Crippen molar-refractivity contribution in [3.8, 4) is 0 Å². The van der Waals surface area contributed by atoms with Crippen molar-refractivity contribution in [3.05, 3.63) is 55.6 Å². The summed E-state index contributed by atoms with van der Waals surface area (Å²) >= 11 is 0. The molecular weight excluding hydrogens is 560 g/mol. The van der Waals surface area contributed by atoms with Crippen LogP contribution in [0.4, 0.5) is 5.69 Å². The van der Waals surface area contributed by atoms with E-state index in [1.54, 1.807) is 26.9 Å². The molecule has 0 aromatic heterocycles. The Morgan fingerprint density at radius 2 is 1.84 bits per heavy atom. The molecule has 240 valence electrons. The third-order valence-corrected chi connectivity index (χ3v) is 10.2. The number of benzene rings is 1. The van der Waals surface area contributed by atoms with Crippen LogP contribution in [0.2, 0.25) is 0 Å². The van der Waals surface area contributed by atoms with Crippen molar-refractivity contribution in [1.82, 2.24) is 14.7 Å². The summed E-state index contributed by atoms with van der Waals surface area (Å²) in [5.74, 6) is -2.31. The lowest BCUT2D eigenvalue weighted by Crippen LogP contribution is -2.60. The number of aliphatic hydroxyl groups excluding tert-OH is 1. The second-order valence-electron chi connectivity index (χ2n) is 12.5. The Labute approximate surface area is 261 Å². The molecule has 4 heterocycles. The quantitative estimate of drug-likeness (QED) is 0.324. The Hall–Kier alpha value is -3.05. The van der Waals surface area contributed by atoms with E-state index in [0.29, 0.717) is 52.1 Å². The van der Waals surface area contributed by atoms with Crippen LogP contribution in [0.1, 0.15) is 33.1 Å². The number of rotatable bonds is 14. The molecule has 44 heavy (non-hydrogen) atoms. The number of ether oxygens (including phenoxy) is 2. The number of amides is 3. The van der Waals surface area contributed by atoms with Crippen LogP contribution in [0, 0.1) is 17.8 Å². The van der Waals surface area contributed by atoms with Gasteiger partial charge < -0.3 is 29.3 Å². The SMILES string of the molecule is C=CCN(CCN1CCOCC1)C(=O)C1N([C@@H](CO)[C@@H](C)CC)C(=O)[C@@H]2[C@@H](C(=O)N(CC=C)c3ccccc3)[C@H]3CCC12O3. The van der Waals surface area contributed by atoms with Crippen LogP contribution in [0.3, 0.4) is 0 Å². The lowest BCUT2D eigenvalue weighted by Gasteiger charge is -2.41. The zero-order valence-electron chi connectivity index (χ0n) is 26.2. The Kier molecular flexibility index (Phi) is 10.2. The first-order valence-electron chi connectivity index (χ1n) is 16.1. The van der Waals surface area contributed by atoms with Crippen molar-refractivity contribution in [1.29, 1.82) is 0 Å². The second kappa shape index (κ2) is 13.9. The van der Waals surface area contributed by atoms with Gasteiger partial charge in [0.1, 0.15) is 11.6 Å². The first-order chi connectivity index (χ1) is 21.3. The van der Waals surface area contributed by atoms with Gasteiger partial charge in [-0.3, -0.25) is 19.3 Å². The number of aliphatic hydroxyl groups is 1. The second-order valence-corrected chi connectivity index (χ2v) is 12.5. The highest BCUT2D eigenvalue weighted by molar-refractivity contribution is 6.03. The topological polar surface area (TPSA) is 103 Å². The number of hydrogen-bond donors (Lipinski definition) is 1. The standard InChI is InChI=1S/C34H48N4O6/c1-5-15-36(18-17-35-19-21-43-22-20-35)33(42)30-34-14-13-27(44-34)28(29(34)32(41)38(30)26(23-39)24(4)7-3)31(40)37(16-6-2)25-11-9-8-10-12-25/h5-6,8-12,24,26-30,39H,1-2,7,13-23H2,3-4H3/t24-,26-,27+,28-,29-,30?,34?/m0/s1. The van der Waals surface area contributed by atoms with Gasteiger partial charge in [-0.05, 0) is 30.9 Å². The van der Waals surface area contributed by atoms with Crippen LogP contribution in [0.25, 0.3) is 0 Å². The third-order valence-electron chi connectivity index (χ3n) is 10.2. The highest BCUT2D eigenvalue weighted by atomic mass is 16.5. The number of likely N-dealkylation sites (tertiary alicyclic amines) is 1. The fourth-order valence-corrected chi connectivity index (χ4v) is 7.77. The molecule has 4 saturated heterocycles. The number of para-hydroxylation sites is 1. The van der Waals surface area contributed by atoms with Gasteiger partial charge in [-0.25, -0.2) is 0 Å².